The molecule has 1 aliphatic rings. The molecule has 5 rings (SSSR count). The van der Waals surface area contributed by atoms with Crippen molar-refractivity contribution in [3.05, 3.63) is 118 Å². The van der Waals surface area contributed by atoms with Crippen molar-refractivity contribution in [2.24, 2.45) is 9.98 Å². The Morgan fingerprint density at radius 1 is 0.548 bits per heavy atom. The monoisotopic (exact) mass is 560 g/mol. The summed E-state index contributed by atoms with van der Waals surface area (Å²) < 4.78 is 0. The van der Waals surface area contributed by atoms with E-state index >= 15 is 0 Å². The van der Waals surface area contributed by atoms with Crippen molar-refractivity contribution >= 4 is 35.4 Å². The number of hydrogen-bond donors (Lipinski definition) is 4. The van der Waals surface area contributed by atoms with E-state index in [1.54, 1.807) is 12.1 Å². The molecule has 0 aliphatic heterocycles. The van der Waals surface area contributed by atoms with E-state index < -0.39 is 11.6 Å². The molecule has 0 aromatic heterocycles. The van der Waals surface area contributed by atoms with Gasteiger partial charge in [0.2, 0.25) is 11.6 Å². The molecule has 0 saturated carbocycles. The van der Waals surface area contributed by atoms with E-state index in [1.165, 1.54) is 12.1 Å². The van der Waals surface area contributed by atoms with Gasteiger partial charge in [-0.2, -0.15) is 0 Å². The molecule has 42 heavy (non-hydrogen) atoms. The first kappa shape index (κ1) is 28.3. The van der Waals surface area contributed by atoms with Gasteiger partial charge in [0.05, 0.1) is 22.3 Å². The minimum absolute atomic E-state index is 0.174. The summed E-state index contributed by atoms with van der Waals surface area (Å²) >= 11 is 0. The fraction of sp³-hybridized carbons (Fsp3) is 0.176. The smallest absolute Gasteiger partial charge is 0.200 e. The van der Waals surface area contributed by atoms with Crippen molar-refractivity contribution in [1.29, 1.82) is 0 Å². The number of carbonyl (C=O) groups excluding carboxylic acids is 2. The van der Waals surface area contributed by atoms with Crippen LogP contribution in [-0.2, 0) is 0 Å². The normalized spacial score (nSPS) is 12.5. The van der Waals surface area contributed by atoms with Gasteiger partial charge >= 0.3 is 0 Å². The highest BCUT2D eigenvalue weighted by atomic mass is 16.3. The molecule has 212 valence electrons. The Balaban J connectivity index is 1.31. The van der Waals surface area contributed by atoms with Crippen LogP contribution in [0.5, 0.6) is 11.5 Å². The molecule has 0 saturated heterocycles. The topological polar surface area (TPSA) is 123 Å². The van der Waals surface area contributed by atoms with Gasteiger partial charge < -0.3 is 20.8 Å². The predicted molar refractivity (Wildman–Crippen MR) is 167 cm³/mol. The van der Waals surface area contributed by atoms with Crippen molar-refractivity contribution in [1.82, 2.24) is 0 Å². The standard InChI is InChI=1S/C34H32N4O4/c39-27-15-16-28(40)32-31(27)33(41)29-25(37-19-7-17-35-21-23-9-3-1-4-10-23)13-14-26(30(29)34(32)42)38-20-8-18-36-22-24-11-5-2-6-12-24/h1-6,9-16,21-22,37-40H,7-8,17-20H2/b35-21+,36-22+. The largest absolute Gasteiger partial charge is 0.507 e. The van der Waals surface area contributed by atoms with Gasteiger partial charge in [-0.25, -0.2) is 0 Å². The summed E-state index contributed by atoms with van der Waals surface area (Å²) in [5.41, 5.74) is 3.00. The van der Waals surface area contributed by atoms with Gasteiger partial charge in [0, 0.05) is 50.0 Å². The van der Waals surface area contributed by atoms with Crippen LogP contribution in [0.4, 0.5) is 11.4 Å². The second-order valence-corrected chi connectivity index (χ2v) is 9.88. The molecule has 0 unspecified atom stereocenters. The molecule has 4 N–H and O–H groups in total. The van der Waals surface area contributed by atoms with Crippen LogP contribution in [0.1, 0.15) is 55.8 Å². The molecule has 0 spiro atoms. The van der Waals surface area contributed by atoms with Crippen LogP contribution >= 0.6 is 0 Å². The number of hydrogen-bond acceptors (Lipinski definition) is 8. The lowest BCUT2D eigenvalue weighted by molar-refractivity contribution is 0.0975. The van der Waals surface area contributed by atoms with E-state index in [-0.39, 0.29) is 33.8 Å². The number of carbonyl (C=O) groups is 2. The Bertz CT molecular complexity index is 1510. The molecule has 0 amide bonds. The molecule has 0 heterocycles. The van der Waals surface area contributed by atoms with E-state index in [4.69, 9.17) is 0 Å². The molecular formula is C34H32N4O4. The maximum Gasteiger partial charge on any atom is 0.200 e. The van der Waals surface area contributed by atoms with Gasteiger partial charge in [0.1, 0.15) is 11.5 Å². The van der Waals surface area contributed by atoms with Gasteiger partial charge in [0.15, 0.2) is 0 Å². The third-order valence-corrected chi connectivity index (χ3v) is 6.91. The molecule has 4 aromatic carbocycles. The molecule has 1 aliphatic carbocycles. The fourth-order valence-electron chi connectivity index (χ4n) is 4.86. The fourth-order valence-corrected chi connectivity index (χ4v) is 4.86. The number of ketones is 2. The highest BCUT2D eigenvalue weighted by molar-refractivity contribution is 6.33. The Morgan fingerprint density at radius 3 is 1.36 bits per heavy atom. The van der Waals surface area contributed by atoms with Crippen molar-refractivity contribution in [3.63, 3.8) is 0 Å². The van der Waals surface area contributed by atoms with E-state index in [2.05, 4.69) is 20.6 Å². The number of benzene rings is 4. The Hall–Kier alpha value is -5.24. The highest BCUT2D eigenvalue weighted by Crippen LogP contribution is 2.42. The van der Waals surface area contributed by atoms with Crippen LogP contribution in [0.2, 0.25) is 0 Å². The Morgan fingerprint density at radius 2 is 0.952 bits per heavy atom. The van der Waals surface area contributed by atoms with Gasteiger partial charge in [-0.3, -0.25) is 19.6 Å². The Labute approximate surface area is 244 Å². The highest BCUT2D eigenvalue weighted by Gasteiger charge is 2.37. The molecule has 0 radical (unpaired) electrons. The number of phenolic OH excluding ortho intramolecular Hbond substituents is 2. The lowest BCUT2D eigenvalue weighted by atomic mass is 9.81. The van der Waals surface area contributed by atoms with Crippen LogP contribution < -0.4 is 10.6 Å². The zero-order valence-electron chi connectivity index (χ0n) is 23.1. The third-order valence-electron chi connectivity index (χ3n) is 6.91. The van der Waals surface area contributed by atoms with Gasteiger partial charge in [-0.15, -0.1) is 0 Å². The Kier molecular flexibility index (Phi) is 9.03. The lowest BCUT2D eigenvalue weighted by Gasteiger charge is -2.24. The van der Waals surface area contributed by atoms with Crippen molar-refractivity contribution < 1.29 is 19.8 Å². The summed E-state index contributed by atoms with van der Waals surface area (Å²) in [5, 5.41) is 27.5. The number of fused-ring (bicyclic) bond motifs is 2. The molecule has 0 bridgehead atoms. The lowest BCUT2D eigenvalue weighted by Crippen LogP contribution is -2.25. The first-order valence-electron chi connectivity index (χ1n) is 13.9. The summed E-state index contributed by atoms with van der Waals surface area (Å²) in [6.07, 6.45) is 5.05. The second-order valence-electron chi connectivity index (χ2n) is 9.88. The number of rotatable bonds is 12. The van der Waals surface area contributed by atoms with Crippen molar-refractivity contribution in [2.45, 2.75) is 12.8 Å². The van der Waals surface area contributed by atoms with Gasteiger partial charge in [-0.1, -0.05) is 60.7 Å². The summed E-state index contributed by atoms with van der Waals surface area (Å²) in [7, 11) is 0. The third kappa shape index (κ3) is 6.39. The van der Waals surface area contributed by atoms with Crippen molar-refractivity contribution in [3.8, 4) is 11.5 Å². The van der Waals surface area contributed by atoms with Crippen LogP contribution in [0.15, 0.2) is 94.9 Å². The maximum atomic E-state index is 13.7. The number of nitrogens with one attached hydrogen (secondary N) is 2. The minimum atomic E-state index is -0.520. The molecule has 4 aromatic rings. The summed E-state index contributed by atoms with van der Waals surface area (Å²) in [4.78, 5) is 36.3. The van der Waals surface area contributed by atoms with Crippen molar-refractivity contribution in [2.75, 3.05) is 36.8 Å². The first-order valence-corrected chi connectivity index (χ1v) is 13.9. The van der Waals surface area contributed by atoms with Crippen LogP contribution in [0.3, 0.4) is 0 Å². The average Bonchev–Trinajstić information content (AvgIpc) is 3.01. The number of anilines is 2. The first-order chi connectivity index (χ1) is 20.5. The van der Waals surface area contributed by atoms with Gasteiger partial charge in [-0.05, 0) is 48.2 Å². The van der Waals surface area contributed by atoms with Gasteiger partial charge in [0.25, 0.3) is 0 Å². The quantitative estimate of drug-likeness (QED) is 0.0880. The van der Waals surface area contributed by atoms with E-state index in [9.17, 15) is 19.8 Å². The van der Waals surface area contributed by atoms with Crippen LogP contribution in [0, 0.1) is 0 Å². The second kappa shape index (κ2) is 13.4. The summed E-state index contributed by atoms with van der Waals surface area (Å²) in [6, 6.07) is 25.6. The van der Waals surface area contributed by atoms with E-state index in [0.717, 1.165) is 11.1 Å². The molecular weight excluding hydrogens is 528 g/mol. The maximum absolute atomic E-state index is 13.7. The summed E-state index contributed by atoms with van der Waals surface area (Å²) in [5.74, 6) is -1.73. The van der Waals surface area contributed by atoms with E-state index in [0.29, 0.717) is 50.4 Å². The SMILES string of the molecule is O=C1c2c(O)ccc(O)c2C(=O)c2c(NCCC/N=C/c3ccccc3)ccc(NCCC/N=C/c3ccccc3)c21. The molecule has 8 nitrogen and oxygen atoms in total. The molecule has 0 fully saturated rings. The average molecular weight is 561 g/mol. The zero-order valence-corrected chi connectivity index (χ0v) is 23.1. The van der Waals surface area contributed by atoms with Crippen LogP contribution in [-0.4, -0.2) is 60.4 Å². The number of aliphatic imine (C=N–C) groups is 2. The zero-order chi connectivity index (χ0) is 29.3. The van der Waals surface area contributed by atoms with Crippen LogP contribution in [0.25, 0.3) is 0 Å². The van der Waals surface area contributed by atoms with E-state index in [1.807, 2.05) is 73.1 Å². The predicted octanol–water partition coefficient (Wildman–Crippen LogP) is 5.72. The number of nitrogens with zero attached hydrogens (tertiary/aromatic N) is 2. The summed E-state index contributed by atoms with van der Waals surface area (Å²) in [6.45, 7) is 2.21. The minimum Gasteiger partial charge on any atom is -0.507 e. The number of phenols is 2. The molecule has 0 atom stereocenters. The molecule has 8 heteroatoms. The number of aromatic hydroxyl groups is 2.